The lowest BCUT2D eigenvalue weighted by molar-refractivity contribution is -0.130. The minimum absolute atomic E-state index is 0.562. The summed E-state index contributed by atoms with van der Waals surface area (Å²) in [5.41, 5.74) is 0.562. The van der Waals surface area contributed by atoms with Crippen molar-refractivity contribution in [2.45, 2.75) is 6.92 Å². The zero-order valence-corrected chi connectivity index (χ0v) is 4.56. The van der Waals surface area contributed by atoms with E-state index in [9.17, 15) is 4.79 Å². The van der Waals surface area contributed by atoms with Crippen LogP contribution in [0.15, 0.2) is 12.2 Å². The molecule has 0 fully saturated rings. The fourth-order valence-electron chi connectivity index (χ4n) is 0.160. The molecule has 0 radical (unpaired) electrons. The van der Waals surface area contributed by atoms with Crippen molar-refractivity contribution in [1.82, 2.24) is 0 Å². The van der Waals surface area contributed by atoms with Gasteiger partial charge in [0.2, 0.25) is 0 Å². The van der Waals surface area contributed by atoms with Gasteiger partial charge in [-0.15, -0.1) is 0 Å². The van der Waals surface area contributed by atoms with E-state index in [0.29, 0.717) is 5.57 Å². The molecule has 0 aliphatic heterocycles. The maximum atomic E-state index is 9.69. The van der Waals surface area contributed by atoms with Crippen LogP contribution in [0.4, 0.5) is 0 Å². The molecule has 0 unspecified atom stereocenters. The molecule has 0 aromatic rings. The minimum atomic E-state index is -1.12. The normalized spacial score (nSPS) is 6.62. The Morgan fingerprint density at radius 1 is 1.62 bits per heavy atom. The number of aliphatic carboxylic acids is 1. The highest BCUT2D eigenvalue weighted by Gasteiger charge is 1.80. The van der Waals surface area contributed by atoms with E-state index in [-0.39, 0.29) is 0 Å². The van der Waals surface area contributed by atoms with Crippen molar-refractivity contribution in [3.8, 4) is 11.8 Å². The first-order valence-electron chi connectivity index (χ1n) is 2.03. The van der Waals surface area contributed by atoms with Crippen molar-refractivity contribution in [3.63, 3.8) is 0 Å². The maximum Gasteiger partial charge on any atom is 0.382 e. The summed E-state index contributed by atoms with van der Waals surface area (Å²) < 4.78 is 0. The van der Waals surface area contributed by atoms with Crippen molar-refractivity contribution in [2.24, 2.45) is 0 Å². The predicted octanol–water partition coefficient (Wildman–Crippen LogP) is 0.650. The van der Waals surface area contributed by atoms with Crippen LogP contribution >= 0.6 is 0 Å². The molecule has 0 aliphatic carbocycles. The average molecular weight is 110 g/mol. The highest BCUT2D eigenvalue weighted by atomic mass is 16.4. The lowest BCUT2D eigenvalue weighted by Gasteiger charge is -1.73. The highest BCUT2D eigenvalue weighted by Crippen LogP contribution is 1.78. The van der Waals surface area contributed by atoms with Gasteiger partial charge >= 0.3 is 5.97 Å². The first-order valence-corrected chi connectivity index (χ1v) is 2.03. The Balaban J connectivity index is 3.87. The van der Waals surface area contributed by atoms with Gasteiger partial charge in [-0.3, -0.25) is 0 Å². The number of allylic oxidation sites excluding steroid dienone is 1. The first-order chi connectivity index (χ1) is 3.63. The summed E-state index contributed by atoms with van der Waals surface area (Å²) in [7, 11) is 0. The molecule has 0 rings (SSSR count). The van der Waals surface area contributed by atoms with Gasteiger partial charge < -0.3 is 5.11 Å². The lowest BCUT2D eigenvalue weighted by Crippen LogP contribution is -1.86. The molecule has 0 aliphatic rings. The molecule has 0 heterocycles. The predicted molar refractivity (Wildman–Crippen MR) is 30.2 cm³/mol. The monoisotopic (exact) mass is 110 g/mol. The fraction of sp³-hybridized carbons (Fsp3) is 0.167. The molecule has 2 nitrogen and oxygen atoms in total. The number of carboxylic acid groups (broad SMARTS) is 1. The maximum absolute atomic E-state index is 9.69. The Labute approximate surface area is 47.8 Å². The van der Waals surface area contributed by atoms with Crippen molar-refractivity contribution < 1.29 is 9.90 Å². The Morgan fingerprint density at radius 3 is 2.25 bits per heavy atom. The van der Waals surface area contributed by atoms with Gasteiger partial charge in [-0.2, -0.15) is 0 Å². The second-order valence-corrected chi connectivity index (χ2v) is 1.34. The Bertz CT molecular complexity index is 151. The summed E-state index contributed by atoms with van der Waals surface area (Å²) in [6.45, 7) is 5.04. The number of hydrogen-bond acceptors (Lipinski definition) is 1. The molecule has 0 saturated heterocycles. The smallest absolute Gasteiger partial charge is 0.382 e. The molecule has 2 heteroatoms. The molecule has 8 heavy (non-hydrogen) atoms. The largest absolute Gasteiger partial charge is 0.472 e. The van der Waals surface area contributed by atoms with Gasteiger partial charge in [0.15, 0.2) is 0 Å². The van der Waals surface area contributed by atoms with Crippen LogP contribution in [0.2, 0.25) is 0 Å². The van der Waals surface area contributed by atoms with Crippen molar-refractivity contribution in [3.05, 3.63) is 12.2 Å². The lowest BCUT2D eigenvalue weighted by atomic mass is 10.3. The topological polar surface area (TPSA) is 37.3 Å². The van der Waals surface area contributed by atoms with Crippen molar-refractivity contribution in [2.75, 3.05) is 0 Å². The SMILES string of the molecule is C=C(C)C#CC(=O)O. The van der Waals surface area contributed by atoms with Crippen LogP contribution in [-0.2, 0) is 4.79 Å². The van der Waals surface area contributed by atoms with Gasteiger partial charge in [-0.25, -0.2) is 4.79 Å². The molecule has 1 N–H and O–H groups in total. The fourth-order valence-corrected chi connectivity index (χ4v) is 0.160. The number of carbonyl (C=O) groups is 1. The van der Waals surface area contributed by atoms with Gasteiger partial charge in [-0.1, -0.05) is 12.5 Å². The van der Waals surface area contributed by atoms with Crippen LogP contribution in [0.3, 0.4) is 0 Å². The minimum Gasteiger partial charge on any atom is -0.472 e. The van der Waals surface area contributed by atoms with Gasteiger partial charge in [0, 0.05) is 5.92 Å². The third-order valence-electron chi connectivity index (χ3n) is 0.383. The van der Waals surface area contributed by atoms with Crippen LogP contribution in [0.1, 0.15) is 6.92 Å². The summed E-state index contributed by atoms with van der Waals surface area (Å²) in [5.74, 6) is 3.10. The van der Waals surface area contributed by atoms with E-state index in [1.165, 1.54) is 0 Å². The second-order valence-electron chi connectivity index (χ2n) is 1.34. The van der Waals surface area contributed by atoms with E-state index in [4.69, 9.17) is 5.11 Å². The molecule has 0 bridgehead atoms. The van der Waals surface area contributed by atoms with E-state index in [2.05, 4.69) is 12.5 Å². The molecule has 0 aromatic carbocycles. The van der Waals surface area contributed by atoms with E-state index < -0.39 is 5.97 Å². The van der Waals surface area contributed by atoms with E-state index in [0.717, 1.165) is 0 Å². The summed E-state index contributed by atoms with van der Waals surface area (Å²) in [4.78, 5) is 9.69. The highest BCUT2D eigenvalue weighted by molar-refractivity contribution is 5.87. The number of rotatable bonds is 0. The van der Waals surface area contributed by atoms with E-state index >= 15 is 0 Å². The number of hydrogen-bond donors (Lipinski definition) is 1. The van der Waals surface area contributed by atoms with Crippen molar-refractivity contribution >= 4 is 5.97 Å². The molecular weight excluding hydrogens is 104 g/mol. The van der Waals surface area contributed by atoms with E-state index in [1.807, 2.05) is 5.92 Å². The first kappa shape index (κ1) is 6.77. The molecule has 0 aromatic heterocycles. The van der Waals surface area contributed by atoms with Gasteiger partial charge in [-0.05, 0) is 12.5 Å². The molecule has 0 amide bonds. The molecule has 42 valence electrons. The summed E-state index contributed by atoms with van der Waals surface area (Å²) >= 11 is 0. The zero-order valence-electron chi connectivity index (χ0n) is 4.56. The van der Waals surface area contributed by atoms with Crippen LogP contribution < -0.4 is 0 Å². The molecule has 0 saturated carbocycles. The Morgan fingerprint density at radius 2 is 2.12 bits per heavy atom. The Kier molecular flexibility index (Phi) is 2.42. The summed E-state index contributed by atoms with van der Waals surface area (Å²) in [6, 6.07) is 0. The van der Waals surface area contributed by atoms with Crippen LogP contribution in [0.25, 0.3) is 0 Å². The van der Waals surface area contributed by atoms with Crippen LogP contribution in [-0.4, -0.2) is 11.1 Å². The van der Waals surface area contributed by atoms with Gasteiger partial charge in [0.25, 0.3) is 0 Å². The summed E-state index contributed by atoms with van der Waals surface area (Å²) in [6.07, 6.45) is 0. The third-order valence-corrected chi connectivity index (χ3v) is 0.383. The van der Waals surface area contributed by atoms with Gasteiger partial charge in [0.1, 0.15) is 0 Å². The van der Waals surface area contributed by atoms with Crippen LogP contribution in [0.5, 0.6) is 0 Å². The molecule has 0 atom stereocenters. The van der Waals surface area contributed by atoms with Crippen LogP contribution in [0, 0.1) is 11.8 Å². The summed E-state index contributed by atoms with van der Waals surface area (Å²) in [5, 5.41) is 7.95. The quantitative estimate of drug-likeness (QED) is 0.465. The third kappa shape index (κ3) is 4.77. The number of carboxylic acids is 1. The standard InChI is InChI=1S/C6H6O2/c1-5(2)3-4-6(7)8/h1H2,2H3,(H,7,8). The average Bonchev–Trinajstić information content (AvgIpc) is 1.61. The second kappa shape index (κ2) is 2.86. The molecular formula is C6H6O2. The van der Waals surface area contributed by atoms with E-state index in [1.54, 1.807) is 6.92 Å². The van der Waals surface area contributed by atoms with Gasteiger partial charge in [0.05, 0.1) is 0 Å². The Hall–Kier alpha value is -1.23. The molecule has 0 spiro atoms. The zero-order chi connectivity index (χ0) is 6.57. The van der Waals surface area contributed by atoms with Crippen molar-refractivity contribution in [1.29, 1.82) is 0 Å².